The topological polar surface area (TPSA) is 58.6 Å². The summed E-state index contributed by atoms with van der Waals surface area (Å²) in [4.78, 5) is 26.4. The molecule has 154 valence electrons. The van der Waals surface area contributed by atoms with Gasteiger partial charge in [-0.1, -0.05) is 72.3 Å². The Labute approximate surface area is 181 Å². The number of carbonyl (C=O) groups excluding carboxylic acids is 2. The molecule has 3 aromatic rings. The summed E-state index contributed by atoms with van der Waals surface area (Å²) in [6, 6.07) is 26.6. The molecule has 5 nitrogen and oxygen atoms in total. The van der Waals surface area contributed by atoms with Crippen LogP contribution in [0, 0.1) is 0 Å². The van der Waals surface area contributed by atoms with E-state index in [4.69, 9.17) is 16.3 Å². The Hall–Kier alpha value is -3.15. The summed E-state index contributed by atoms with van der Waals surface area (Å²) in [6.45, 7) is 0.938. The number of amides is 1. The molecule has 0 aliphatic heterocycles. The van der Waals surface area contributed by atoms with Crippen LogP contribution < -0.4 is 5.32 Å². The summed E-state index contributed by atoms with van der Waals surface area (Å²) in [5.74, 6) is -0.851. The van der Waals surface area contributed by atoms with Crippen LogP contribution in [0.5, 0.6) is 0 Å². The molecule has 0 aromatic heterocycles. The minimum atomic E-state index is -0.451. The van der Waals surface area contributed by atoms with E-state index < -0.39 is 11.9 Å². The van der Waals surface area contributed by atoms with Crippen LogP contribution in [0.3, 0.4) is 0 Å². The van der Waals surface area contributed by atoms with Gasteiger partial charge in [-0.15, -0.1) is 0 Å². The molecule has 1 amide bonds. The van der Waals surface area contributed by atoms with Crippen molar-refractivity contribution in [1.29, 1.82) is 0 Å². The van der Waals surface area contributed by atoms with Crippen LogP contribution in [-0.2, 0) is 27.4 Å². The van der Waals surface area contributed by atoms with E-state index in [2.05, 4.69) is 5.32 Å². The molecule has 3 aromatic carbocycles. The van der Waals surface area contributed by atoms with Gasteiger partial charge in [0, 0.05) is 23.8 Å². The van der Waals surface area contributed by atoms with Crippen molar-refractivity contribution in [2.24, 2.45) is 0 Å². The molecular weight excluding hydrogens is 400 g/mol. The molecule has 30 heavy (non-hydrogen) atoms. The fraction of sp³-hybridized carbons (Fsp3) is 0.167. The van der Waals surface area contributed by atoms with E-state index in [0.29, 0.717) is 23.8 Å². The van der Waals surface area contributed by atoms with Gasteiger partial charge in [-0.05, 0) is 35.4 Å². The summed E-state index contributed by atoms with van der Waals surface area (Å²) in [6.07, 6.45) is 0. The first-order chi connectivity index (χ1) is 14.6. The Morgan fingerprint density at radius 1 is 0.800 bits per heavy atom. The minimum absolute atomic E-state index is 0.0814. The van der Waals surface area contributed by atoms with E-state index in [9.17, 15) is 9.59 Å². The monoisotopic (exact) mass is 422 g/mol. The number of nitrogens with zero attached hydrogens (tertiary/aromatic N) is 1. The number of carbonyl (C=O) groups is 2. The van der Waals surface area contributed by atoms with Crippen LogP contribution in [0.2, 0.25) is 5.02 Å². The molecule has 0 radical (unpaired) electrons. The van der Waals surface area contributed by atoms with Gasteiger partial charge in [-0.3, -0.25) is 14.5 Å². The third kappa shape index (κ3) is 7.35. The van der Waals surface area contributed by atoms with Crippen molar-refractivity contribution in [3.05, 3.63) is 101 Å². The molecule has 6 heteroatoms. The standard InChI is InChI=1S/C24H23ClN2O3/c25-21-11-13-22(14-12-21)26-23(28)18-30-24(29)17-27(15-19-7-3-1-4-8-19)16-20-9-5-2-6-10-20/h1-14H,15-18H2,(H,26,28). The van der Waals surface area contributed by atoms with Crippen molar-refractivity contribution >= 4 is 29.2 Å². The van der Waals surface area contributed by atoms with Crippen LogP contribution in [0.15, 0.2) is 84.9 Å². The zero-order chi connectivity index (χ0) is 21.2. The molecule has 0 aliphatic carbocycles. The van der Waals surface area contributed by atoms with Crippen molar-refractivity contribution in [2.45, 2.75) is 13.1 Å². The first kappa shape index (κ1) is 21.6. The van der Waals surface area contributed by atoms with Crippen LogP contribution in [0.4, 0.5) is 5.69 Å². The highest BCUT2D eigenvalue weighted by molar-refractivity contribution is 6.30. The zero-order valence-electron chi connectivity index (χ0n) is 16.5. The molecule has 0 aliphatic rings. The Kier molecular flexibility index (Phi) is 8.01. The van der Waals surface area contributed by atoms with Crippen LogP contribution in [0.25, 0.3) is 0 Å². The number of halogens is 1. The lowest BCUT2D eigenvalue weighted by molar-refractivity contribution is -0.148. The largest absolute Gasteiger partial charge is 0.455 e. The molecule has 0 heterocycles. The molecule has 0 spiro atoms. The lowest BCUT2D eigenvalue weighted by atomic mass is 10.1. The number of anilines is 1. The maximum atomic E-state index is 12.4. The predicted octanol–water partition coefficient (Wildman–Crippen LogP) is 4.52. The number of hydrogen-bond donors (Lipinski definition) is 1. The van der Waals surface area contributed by atoms with Crippen LogP contribution in [0.1, 0.15) is 11.1 Å². The molecule has 0 atom stereocenters. The van der Waals surface area contributed by atoms with Crippen molar-refractivity contribution in [2.75, 3.05) is 18.5 Å². The number of esters is 1. The predicted molar refractivity (Wildman–Crippen MR) is 118 cm³/mol. The van der Waals surface area contributed by atoms with Gasteiger partial charge < -0.3 is 10.1 Å². The normalized spacial score (nSPS) is 10.6. The number of rotatable bonds is 9. The van der Waals surface area contributed by atoms with Gasteiger partial charge in [0.2, 0.25) is 0 Å². The molecular formula is C24H23ClN2O3. The van der Waals surface area contributed by atoms with Crippen molar-refractivity contribution in [3.63, 3.8) is 0 Å². The zero-order valence-corrected chi connectivity index (χ0v) is 17.2. The van der Waals surface area contributed by atoms with E-state index in [-0.39, 0.29) is 13.2 Å². The first-order valence-corrected chi connectivity index (χ1v) is 9.97. The van der Waals surface area contributed by atoms with E-state index in [0.717, 1.165) is 11.1 Å². The number of nitrogens with one attached hydrogen (secondary N) is 1. The Bertz CT molecular complexity index is 906. The highest BCUT2D eigenvalue weighted by atomic mass is 35.5. The molecule has 3 rings (SSSR count). The molecule has 0 fully saturated rings. The fourth-order valence-corrected chi connectivity index (χ4v) is 3.08. The molecule has 0 unspecified atom stereocenters. The van der Waals surface area contributed by atoms with E-state index in [1.807, 2.05) is 65.6 Å². The maximum Gasteiger partial charge on any atom is 0.320 e. The summed E-state index contributed by atoms with van der Waals surface area (Å²) in [5.41, 5.74) is 2.79. The van der Waals surface area contributed by atoms with E-state index >= 15 is 0 Å². The average Bonchev–Trinajstić information content (AvgIpc) is 2.75. The van der Waals surface area contributed by atoms with Crippen molar-refractivity contribution in [1.82, 2.24) is 4.90 Å². The minimum Gasteiger partial charge on any atom is -0.455 e. The van der Waals surface area contributed by atoms with Gasteiger partial charge in [0.1, 0.15) is 0 Å². The molecule has 0 saturated heterocycles. The van der Waals surface area contributed by atoms with Gasteiger partial charge in [0.25, 0.3) is 5.91 Å². The number of ether oxygens (including phenoxy) is 1. The SMILES string of the molecule is O=C(COC(=O)CN(Cc1ccccc1)Cc1ccccc1)Nc1ccc(Cl)cc1. The Balaban J connectivity index is 1.54. The highest BCUT2D eigenvalue weighted by Gasteiger charge is 2.15. The van der Waals surface area contributed by atoms with Crippen LogP contribution in [-0.4, -0.2) is 29.9 Å². The number of benzene rings is 3. The second kappa shape index (κ2) is 11.1. The second-order valence-electron chi connectivity index (χ2n) is 6.83. The molecule has 0 bridgehead atoms. The van der Waals surface area contributed by atoms with Gasteiger partial charge >= 0.3 is 5.97 Å². The smallest absolute Gasteiger partial charge is 0.320 e. The first-order valence-electron chi connectivity index (χ1n) is 9.60. The van der Waals surface area contributed by atoms with Crippen molar-refractivity contribution in [3.8, 4) is 0 Å². The van der Waals surface area contributed by atoms with Gasteiger partial charge in [0.05, 0.1) is 6.54 Å². The van der Waals surface area contributed by atoms with Crippen LogP contribution >= 0.6 is 11.6 Å². The Morgan fingerprint density at radius 2 is 1.33 bits per heavy atom. The summed E-state index contributed by atoms with van der Waals surface area (Å²) in [7, 11) is 0. The lowest BCUT2D eigenvalue weighted by Crippen LogP contribution is -2.32. The fourth-order valence-electron chi connectivity index (χ4n) is 2.96. The summed E-state index contributed by atoms with van der Waals surface area (Å²) in [5, 5.41) is 3.25. The van der Waals surface area contributed by atoms with E-state index in [1.165, 1.54) is 0 Å². The third-order valence-corrected chi connectivity index (χ3v) is 4.59. The Morgan fingerprint density at radius 3 is 1.87 bits per heavy atom. The van der Waals surface area contributed by atoms with Gasteiger partial charge in [0.15, 0.2) is 6.61 Å². The molecule has 1 N–H and O–H groups in total. The lowest BCUT2D eigenvalue weighted by Gasteiger charge is -2.21. The molecule has 0 saturated carbocycles. The van der Waals surface area contributed by atoms with Crippen molar-refractivity contribution < 1.29 is 14.3 Å². The third-order valence-electron chi connectivity index (χ3n) is 4.34. The average molecular weight is 423 g/mol. The quantitative estimate of drug-likeness (QED) is 0.515. The number of hydrogen-bond acceptors (Lipinski definition) is 4. The second-order valence-corrected chi connectivity index (χ2v) is 7.27. The highest BCUT2D eigenvalue weighted by Crippen LogP contribution is 2.13. The summed E-state index contributed by atoms with van der Waals surface area (Å²) < 4.78 is 5.19. The van der Waals surface area contributed by atoms with Gasteiger partial charge in [-0.2, -0.15) is 0 Å². The maximum absolute atomic E-state index is 12.4. The summed E-state index contributed by atoms with van der Waals surface area (Å²) >= 11 is 5.83. The van der Waals surface area contributed by atoms with Gasteiger partial charge in [-0.25, -0.2) is 0 Å². The van der Waals surface area contributed by atoms with E-state index in [1.54, 1.807) is 24.3 Å².